The summed E-state index contributed by atoms with van der Waals surface area (Å²) in [4.78, 5) is 21.2. The van der Waals surface area contributed by atoms with E-state index in [4.69, 9.17) is 4.74 Å². The van der Waals surface area contributed by atoms with Crippen molar-refractivity contribution >= 4 is 19.6 Å². The molecule has 10 heteroatoms. The fourth-order valence-electron chi connectivity index (χ4n) is 6.15. The highest BCUT2D eigenvalue weighted by Gasteiger charge is 2.43. The molecule has 5 rings (SSSR count). The summed E-state index contributed by atoms with van der Waals surface area (Å²) in [5.41, 5.74) is 4.08. The van der Waals surface area contributed by atoms with Crippen molar-refractivity contribution in [1.82, 2.24) is 29.1 Å². The quantitative estimate of drug-likeness (QED) is 0.491. The Bertz CT molecular complexity index is 1060. The zero-order valence-corrected chi connectivity index (χ0v) is 24.6. The number of carbonyl (C=O) groups excluding carboxylic acids is 1. The number of likely N-dealkylation sites (N-methyl/N-ethyl adjacent to an activating group) is 2. The van der Waals surface area contributed by atoms with E-state index < -0.39 is 7.59 Å². The molecule has 0 spiro atoms. The van der Waals surface area contributed by atoms with Gasteiger partial charge in [-0.05, 0) is 43.1 Å². The van der Waals surface area contributed by atoms with Crippen LogP contribution in [-0.2, 0) is 14.1 Å². The molecule has 1 aromatic carbocycles. The number of nitrogens with zero attached hydrogens (tertiary/aromatic N) is 5. The first-order chi connectivity index (χ1) is 19.0. The molecular formula is C29H45N6O3P. The average molecular weight is 557 g/mol. The van der Waals surface area contributed by atoms with Gasteiger partial charge in [-0.25, -0.2) is 9.34 Å². The van der Waals surface area contributed by atoms with Gasteiger partial charge in [-0.15, -0.1) is 0 Å². The second-order valence-corrected chi connectivity index (χ2v) is 13.2. The van der Waals surface area contributed by atoms with Gasteiger partial charge in [0, 0.05) is 76.7 Å². The summed E-state index contributed by atoms with van der Waals surface area (Å²) in [5.74, 6) is -0.174. The highest BCUT2D eigenvalue weighted by Crippen LogP contribution is 2.51. The van der Waals surface area contributed by atoms with Crippen LogP contribution in [0.1, 0.15) is 32.3 Å². The molecule has 0 atom stereocenters. The Balaban J connectivity index is 1.44. The number of nitrogens with one attached hydrogen (secondary N) is 1. The highest BCUT2D eigenvalue weighted by atomic mass is 31.2. The Morgan fingerprint density at radius 3 is 1.95 bits per heavy atom. The van der Waals surface area contributed by atoms with Crippen LogP contribution in [0.4, 0.5) is 0 Å². The largest absolute Gasteiger partial charge is 0.378 e. The summed E-state index contributed by atoms with van der Waals surface area (Å²) in [7, 11) is -3.29. The van der Waals surface area contributed by atoms with Gasteiger partial charge in [-0.3, -0.25) is 14.4 Å². The first-order valence-corrected chi connectivity index (χ1v) is 16.3. The molecule has 0 radical (unpaired) electrons. The number of carbonyl (C=O) groups is 1. The summed E-state index contributed by atoms with van der Waals surface area (Å²) in [6, 6.07) is 10.3. The van der Waals surface area contributed by atoms with E-state index in [0.29, 0.717) is 45.8 Å². The predicted octanol–water partition coefficient (Wildman–Crippen LogP) is 2.95. The Labute approximate surface area is 234 Å². The number of benzene rings is 1. The number of hydrogen-bond donors (Lipinski definition) is 1. The van der Waals surface area contributed by atoms with Crippen LogP contribution in [0.15, 0.2) is 47.2 Å². The van der Waals surface area contributed by atoms with Crippen molar-refractivity contribution in [3.63, 3.8) is 0 Å². The molecule has 3 saturated heterocycles. The zero-order chi connectivity index (χ0) is 27.2. The van der Waals surface area contributed by atoms with Gasteiger partial charge < -0.3 is 19.4 Å². The Kier molecular flexibility index (Phi) is 9.59. The molecule has 0 saturated carbocycles. The number of allylic oxidation sites excluding steroid dienone is 1. The predicted molar refractivity (Wildman–Crippen MR) is 156 cm³/mol. The summed E-state index contributed by atoms with van der Waals surface area (Å²) >= 11 is 0. The second kappa shape index (κ2) is 13.1. The van der Waals surface area contributed by atoms with Gasteiger partial charge in [0.15, 0.2) is 0 Å². The third kappa shape index (κ3) is 6.50. The first kappa shape index (κ1) is 28.5. The van der Waals surface area contributed by atoms with Crippen molar-refractivity contribution in [2.45, 2.75) is 26.7 Å². The lowest BCUT2D eigenvalue weighted by Gasteiger charge is -2.45. The molecule has 3 aliphatic heterocycles. The minimum atomic E-state index is -3.29. The van der Waals surface area contributed by atoms with E-state index in [2.05, 4.69) is 61.2 Å². The smallest absolute Gasteiger partial charge is 0.311 e. The number of hydrogen-bond acceptors (Lipinski definition) is 6. The van der Waals surface area contributed by atoms with Gasteiger partial charge in [-0.2, -0.15) is 0 Å². The topological polar surface area (TPSA) is 71.6 Å². The maximum Gasteiger partial charge on any atom is 0.311 e. The van der Waals surface area contributed by atoms with Gasteiger partial charge in [0.25, 0.3) is 5.91 Å². The standard InChI is InChI=1S/C29H45N6O3P/c1-3-31-12-16-34(17-13-31)39(37,35-18-14-32(4-2)15-19-35)30-29(36)27-11-10-26(24-25-8-6-5-7-9-25)28(27)33-20-22-38-23-21-33/h5-9,24H,3-4,10-23H2,1-2H3,(H,30,36,37). The fraction of sp³-hybridized carbons (Fsp3) is 0.621. The Hall–Kier alpha value is -2.00. The molecule has 0 bridgehead atoms. The first-order valence-electron chi connectivity index (χ1n) is 14.7. The second-order valence-electron chi connectivity index (χ2n) is 10.8. The van der Waals surface area contributed by atoms with Crippen molar-refractivity contribution in [2.75, 3.05) is 91.8 Å². The maximum absolute atomic E-state index is 14.9. The fourth-order valence-corrected chi connectivity index (χ4v) is 8.63. The van der Waals surface area contributed by atoms with Gasteiger partial charge in [0.1, 0.15) is 0 Å². The normalized spacial score (nSPS) is 24.1. The molecule has 4 aliphatic rings. The third-order valence-electron chi connectivity index (χ3n) is 8.58. The number of amides is 1. The molecule has 1 aromatic rings. The van der Waals surface area contributed by atoms with E-state index in [-0.39, 0.29) is 5.91 Å². The molecule has 39 heavy (non-hydrogen) atoms. The molecular weight excluding hydrogens is 511 g/mol. The van der Waals surface area contributed by atoms with Crippen LogP contribution in [0.2, 0.25) is 0 Å². The molecule has 0 unspecified atom stereocenters. The van der Waals surface area contributed by atoms with Crippen molar-refractivity contribution in [3.8, 4) is 0 Å². The lowest BCUT2D eigenvalue weighted by Crippen LogP contribution is -2.53. The van der Waals surface area contributed by atoms with Gasteiger partial charge in [0.2, 0.25) is 0 Å². The van der Waals surface area contributed by atoms with Crippen LogP contribution in [0.3, 0.4) is 0 Å². The van der Waals surface area contributed by atoms with E-state index >= 15 is 0 Å². The summed E-state index contributed by atoms with van der Waals surface area (Å²) in [5, 5.41) is 3.18. The number of rotatable bonds is 8. The Morgan fingerprint density at radius 1 is 0.846 bits per heavy atom. The SMILES string of the molecule is CCN1CCN(P(=O)(NC(=O)C2=C(N3CCOCC3)C(=Cc3ccccc3)CC2)N2CCN(CC)CC2)CC1. The van der Waals surface area contributed by atoms with Crippen LogP contribution >= 0.6 is 7.59 Å². The van der Waals surface area contributed by atoms with Crippen LogP contribution < -0.4 is 5.09 Å². The van der Waals surface area contributed by atoms with Crippen molar-refractivity contribution in [1.29, 1.82) is 0 Å². The number of morpholine rings is 1. The molecule has 1 aliphatic carbocycles. The minimum Gasteiger partial charge on any atom is -0.378 e. The lowest BCUT2D eigenvalue weighted by atomic mass is 10.1. The maximum atomic E-state index is 14.9. The molecule has 214 valence electrons. The summed E-state index contributed by atoms with van der Waals surface area (Å²) < 4.78 is 24.7. The Morgan fingerprint density at radius 2 is 1.41 bits per heavy atom. The third-order valence-corrected chi connectivity index (χ3v) is 11.4. The molecule has 3 fully saturated rings. The van der Waals surface area contributed by atoms with Gasteiger partial charge in [0.05, 0.1) is 13.2 Å². The van der Waals surface area contributed by atoms with E-state index in [1.54, 1.807) is 0 Å². The van der Waals surface area contributed by atoms with Crippen LogP contribution in [-0.4, -0.2) is 122 Å². The summed E-state index contributed by atoms with van der Waals surface area (Å²) in [6.45, 7) is 15.4. The van der Waals surface area contributed by atoms with Gasteiger partial charge in [-0.1, -0.05) is 44.2 Å². The van der Waals surface area contributed by atoms with Crippen LogP contribution in [0, 0.1) is 0 Å². The molecule has 0 aromatic heterocycles. The monoisotopic (exact) mass is 556 g/mol. The van der Waals surface area contributed by atoms with E-state index in [1.807, 2.05) is 18.2 Å². The van der Waals surface area contributed by atoms with Crippen molar-refractivity contribution in [3.05, 3.63) is 52.7 Å². The van der Waals surface area contributed by atoms with E-state index in [0.717, 1.165) is 75.6 Å². The molecule has 1 amide bonds. The van der Waals surface area contributed by atoms with E-state index in [9.17, 15) is 9.36 Å². The van der Waals surface area contributed by atoms with Gasteiger partial charge >= 0.3 is 7.59 Å². The molecule has 3 heterocycles. The van der Waals surface area contributed by atoms with Crippen molar-refractivity contribution < 1.29 is 14.1 Å². The highest BCUT2D eigenvalue weighted by molar-refractivity contribution is 7.57. The van der Waals surface area contributed by atoms with Crippen molar-refractivity contribution in [2.24, 2.45) is 0 Å². The van der Waals surface area contributed by atoms with Crippen LogP contribution in [0.5, 0.6) is 0 Å². The lowest BCUT2D eigenvalue weighted by molar-refractivity contribution is -0.116. The number of ether oxygens (including phenoxy) is 1. The molecule has 9 nitrogen and oxygen atoms in total. The van der Waals surface area contributed by atoms with Crippen LogP contribution in [0.25, 0.3) is 6.08 Å². The molecule has 1 N–H and O–H groups in total. The minimum absolute atomic E-state index is 0.174. The van der Waals surface area contributed by atoms with E-state index in [1.165, 1.54) is 5.57 Å². The zero-order valence-electron chi connectivity index (χ0n) is 23.7. The summed E-state index contributed by atoms with van der Waals surface area (Å²) in [6.07, 6.45) is 3.67. The number of piperazine rings is 2. The average Bonchev–Trinajstić information content (AvgIpc) is 3.41.